The van der Waals surface area contributed by atoms with Gasteiger partial charge in [-0.3, -0.25) is 0 Å². The molecule has 0 radical (unpaired) electrons. The van der Waals surface area contributed by atoms with Crippen molar-refractivity contribution in [1.82, 2.24) is 4.57 Å². The van der Waals surface area contributed by atoms with Gasteiger partial charge in [0, 0.05) is 18.5 Å². The molecule has 0 aliphatic carbocycles. The summed E-state index contributed by atoms with van der Waals surface area (Å²) >= 11 is 1.76. The van der Waals surface area contributed by atoms with Gasteiger partial charge >= 0.3 is 0 Å². The van der Waals surface area contributed by atoms with Crippen LogP contribution in [0, 0.1) is 0 Å². The van der Waals surface area contributed by atoms with Crippen LogP contribution in [0.15, 0.2) is 23.5 Å². The number of amidine groups is 1. The molecule has 1 heterocycles. The molecule has 0 unspecified atom stereocenters. The molecule has 0 amide bonds. The van der Waals surface area contributed by atoms with Crippen molar-refractivity contribution in [2.24, 2.45) is 10.9 Å². The number of nitrogens with zero attached hydrogens (tertiary/aromatic N) is 2. The summed E-state index contributed by atoms with van der Waals surface area (Å²) in [5, 5.41) is 11.5. The molecule has 0 aliphatic rings. The maximum atomic E-state index is 8.50. The summed E-state index contributed by atoms with van der Waals surface area (Å²) in [6, 6.07) is 3.71. The number of thioether (sulfide) groups is 1. The van der Waals surface area contributed by atoms with Gasteiger partial charge in [0.2, 0.25) is 0 Å². The van der Waals surface area contributed by atoms with Gasteiger partial charge in [-0.2, -0.15) is 11.8 Å². The molecule has 1 aromatic heterocycles. The van der Waals surface area contributed by atoms with E-state index in [1.54, 1.807) is 11.8 Å². The molecule has 3 N–H and O–H groups in total. The number of rotatable bonds is 4. The van der Waals surface area contributed by atoms with E-state index in [4.69, 9.17) is 10.9 Å². The summed E-state index contributed by atoms with van der Waals surface area (Å²) in [5.74, 6) is 1.17. The van der Waals surface area contributed by atoms with Crippen molar-refractivity contribution < 1.29 is 5.21 Å². The first-order valence-electron chi connectivity index (χ1n) is 3.91. The first-order chi connectivity index (χ1) is 6.29. The van der Waals surface area contributed by atoms with Crippen molar-refractivity contribution in [3.63, 3.8) is 0 Å². The van der Waals surface area contributed by atoms with E-state index in [2.05, 4.69) is 5.16 Å². The fraction of sp³-hybridized carbons (Fsp3) is 0.375. The Bertz CT molecular complexity index is 295. The van der Waals surface area contributed by atoms with Crippen molar-refractivity contribution in [3.8, 4) is 0 Å². The van der Waals surface area contributed by atoms with E-state index >= 15 is 0 Å². The van der Waals surface area contributed by atoms with Crippen LogP contribution in [0.4, 0.5) is 0 Å². The van der Waals surface area contributed by atoms with Crippen LogP contribution < -0.4 is 5.73 Å². The molecule has 0 atom stereocenters. The van der Waals surface area contributed by atoms with E-state index in [0.717, 1.165) is 18.0 Å². The highest BCUT2D eigenvalue weighted by Gasteiger charge is 2.04. The zero-order valence-electron chi connectivity index (χ0n) is 7.47. The van der Waals surface area contributed by atoms with Gasteiger partial charge in [0.05, 0.1) is 5.69 Å². The van der Waals surface area contributed by atoms with Crippen LogP contribution in [-0.2, 0) is 6.54 Å². The average molecular weight is 199 g/mol. The van der Waals surface area contributed by atoms with Crippen LogP contribution in [0.25, 0.3) is 0 Å². The minimum absolute atomic E-state index is 0.158. The fourth-order valence-electron chi connectivity index (χ4n) is 1.08. The Kier molecular flexibility index (Phi) is 3.70. The third-order valence-electron chi connectivity index (χ3n) is 1.74. The minimum Gasteiger partial charge on any atom is -0.409 e. The Balaban J connectivity index is 2.77. The Morgan fingerprint density at radius 1 is 1.77 bits per heavy atom. The van der Waals surface area contributed by atoms with Gasteiger partial charge in [0.15, 0.2) is 5.84 Å². The monoisotopic (exact) mass is 199 g/mol. The number of nitrogens with two attached hydrogens (primary N) is 1. The highest BCUT2D eigenvalue weighted by atomic mass is 32.2. The second-order valence-electron chi connectivity index (χ2n) is 2.56. The summed E-state index contributed by atoms with van der Waals surface area (Å²) in [7, 11) is 0. The Morgan fingerprint density at radius 2 is 2.54 bits per heavy atom. The summed E-state index contributed by atoms with van der Waals surface area (Å²) in [6.07, 6.45) is 3.97. The SMILES string of the molecule is CSCCn1cccc1/C(N)=N/O. The number of hydrogen-bond donors (Lipinski definition) is 2. The van der Waals surface area contributed by atoms with E-state index in [0.29, 0.717) is 0 Å². The van der Waals surface area contributed by atoms with Crippen molar-refractivity contribution >= 4 is 17.6 Å². The lowest BCUT2D eigenvalue weighted by Crippen LogP contribution is -2.18. The predicted octanol–water partition coefficient (Wildman–Crippen LogP) is 0.946. The summed E-state index contributed by atoms with van der Waals surface area (Å²) < 4.78 is 1.96. The zero-order valence-corrected chi connectivity index (χ0v) is 8.29. The number of oxime groups is 1. The molecule has 0 aromatic carbocycles. The first-order valence-corrected chi connectivity index (χ1v) is 5.31. The van der Waals surface area contributed by atoms with Gasteiger partial charge in [-0.15, -0.1) is 0 Å². The maximum Gasteiger partial charge on any atom is 0.186 e. The van der Waals surface area contributed by atoms with E-state index in [-0.39, 0.29) is 5.84 Å². The van der Waals surface area contributed by atoms with Gasteiger partial charge in [0.25, 0.3) is 0 Å². The molecular weight excluding hydrogens is 186 g/mol. The second-order valence-corrected chi connectivity index (χ2v) is 3.55. The lowest BCUT2D eigenvalue weighted by Gasteiger charge is -2.06. The van der Waals surface area contributed by atoms with E-state index in [1.165, 1.54) is 0 Å². The molecule has 0 aliphatic heterocycles. The Morgan fingerprint density at radius 3 is 3.15 bits per heavy atom. The van der Waals surface area contributed by atoms with Crippen LogP contribution in [0.5, 0.6) is 0 Å². The largest absolute Gasteiger partial charge is 0.409 e. The molecular formula is C8H13N3OS. The van der Waals surface area contributed by atoms with Crippen LogP contribution in [0.3, 0.4) is 0 Å². The molecule has 13 heavy (non-hydrogen) atoms. The van der Waals surface area contributed by atoms with Crippen LogP contribution in [0.2, 0.25) is 0 Å². The van der Waals surface area contributed by atoms with E-state index in [1.807, 2.05) is 29.2 Å². The third-order valence-corrected chi connectivity index (χ3v) is 2.33. The summed E-state index contributed by atoms with van der Waals surface area (Å²) in [4.78, 5) is 0. The van der Waals surface area contributed by atoms with Gasteiger partial charge in [-0.05, 0) is 18.4 Å². The standard InChI is InChI=1S/C8H13N3OS/c1-13-6-5-11-4-2-3-7(11)8(9)10-12/h2-4,12H,5-6H2,1H3,(H2,9,10). The van der Waals surface area contributed by atoms with Crippen molar-refractivity contribution in [2.75, 3.05) is 12.0 Å². The van der Waals surface area contributed by atoms with E-state index in [9.17, 15) is 0 Å². The highest BCUT2D eigenvalue weighted by molar-refractivity contribution is 7.98. The van der Waals surface area contributed by atoms with Crippen molar-refractivity contribution in [1.29, 1.82) is 0 Å². The van der Waals surface area contributed by atoms with Gasteiger partial charge in [-0.1, -0.05) is 5.16 Å². The highest BCUT2D eigenvalue weighted by Crippen LogP contribution is 2.04. The predicted molar refractivity (Wildman–Crippen MR) is 55.3 cm³/mol. The third kappa shape index (κ3) is 2.42. The number of aromatic nitrogens is 1. The van der Waals surface area contributed by atoms with Crippen LogP contribution in [0.1, 0.15) is 5.69 Å². The van der Waals surface area contributed by atoms with Crippen LogP contribution in [-0.4, -0.2) is 27.6 Å². The molecule has 0 saturated carbocycles. The first kappa shape index (κ1) is 9.98. The molecule has 0 saturated heterocycles. The number of aryl methyl sites for hydroxylation is 1. The lowest BCUT2D eigenvalue weighted by atomic mass is 10.4. The van der Waals surface area contributed by atoms with Crippen LogP contribution >= 0.6 is 11.8 Å². The zero-order chi connectivity index (χ0) is 9.68. The summed E-state index contributed by atoms with van der Waals surface area (Å²) in [6.45, 7) is 0.875. The normalized spacial score (nSPS) is 11.9. The molecule has 4 nitrogen and oxygen atoms in total. The minimum atomic E-state index is 0.158. The molecule has 1 aromatic rings. The van der Waals surface area contributed by atoms with E-state index < -0.39 is 0 Å². The molecule has 5 heteroatoms. The molecule has 1 rings (SSSR count). The molecule has 0 bridgehead atoms. The molecule has 0 spiro atoms. The average Bonchev–Trinajstić information content (AvgIpc) is 2.61. The molecule has 0 fully saturated rings. The van der Waals surface area contributed by atoms with Crippen molar-refractivity contribution in [2.45, 2.75) is 6.54 Å². The summed E-state index contributed by atoms with van der Waals surface area (Å²) in [5.41, 5.74) is 6.24. The molecule has 72 valence electrons. The fourth-order valence-corrected chi connectivity index (χ4v) is 1.46. The second kappa shape index (κ2) is 4.81. The van der Waals surface area contributed by atoms with Gasteiger partial charge < -0.3 is 15.5 Å². The Labute approximate surface area is 81.4 Å². The van der Waals surface area contributed by atoms with Gasteiger partial charge in [0.1, 0.15) is 0 Å². The lowest BCUT2D eigenvalue weighted by molar-refractivity contribution is 0.318. The van der Waals surface area contributed by atoms with Crippen molar-refractivity contribution in [3.05, 3.63) is 24.0 Å². The smallest absolute Gasteiger partial charge is 0.186 e. The maximum absolute atomic E-state index is 8.50. The topological polar surface area (TPSA) is 63.5 Å². The Hall–Kier alpha value is -1.10. The van der Waals surface area contributed by atoms with Gasteiger partial charge in [-0.25, -0.2) is 0 Å². The quantitative estimate of drug-likeness (QED) is 0.328. The number of hydrogen-bond acceptors (Lipinski definition) is 3.